The first kappa shape index (κ1) is 15.2. The highest BCUT2D eigenvalue weighted by Crippen LogP contribution is 2.32. The maximum Gasteiger partial charge on any atom is 0.329 e. The van der Waals surface area contributed by atoms with Crippen molar-refractivity contribution in [2.24, 2.45) is 0 Å². The minimum atomic E-state index is -1.11. The maximum absolute atomic E-state index is 11.9. The van der Waals surface area contributed by atoms with E-state index < -0.39 is 17.4 Å². The Bertz CT molecular complexity index is 551. The van der Waals surface area contributed by atoms with Crippen LogP contribution in [0, 0.1) is 6.92 Å². The highest BCUT2D eigenvalue weighted by molar-refractivity contribution is 5.88. The Morgan fingerprint density at radius 2 is 2.05 bits per heavy atom. The summed E-state index contributed by atoms with van der Waals surface area (Å²) in [5.41, 5.74) is -0.0967. The number of carboxylic acid groups (broad SMARTS) is 1. The first-order valence-electron chi connectivity index (χ1n) is 6.79. The number of rotatable bonds is 6. The molecule has 0 radical (unpaired) electrons. The van der Waals surface area contributed by atoms with Crippen LogP contribution in [0.4, 0.5) is 0 Å². The number of amides is 1. The Morgan fingerprint density at radius 3 is 2.57 bits per heavy atom. The highest BCUT2D eigenvalue weighted by Gasteiger charge is 2.45. The van der Waals surface area contributed by atoms with Gasteiger partial charge in [-0.3, -0.25) is 4.79 Å². The minimum absolute atomic E-state index is 0.242. The summed E-state index contributed by atoms with van der Waals surface area (Å²) in [7, 11) is 1.52. The predicted molar refractivity (Wildman–Crippen MR) is 75.6 cm³/mol. The standard InChI is InChI=1S/C15H19NO5/c1-10-4-5-11(12(8-10)20-2)21-9-13(17)16-15(14(18)19)6-3-7-15/h4-5,8H,3,6-7,9H2,1-2H3,(H,16,17)(H,18,19). The summed E-state index contributed by atoms with van der Waals surface area (Å²) in [6.07, 6.45) is 1.73. The fraction of sp³-hybridized carbons (Fsp3) is 0.467. The van der Waals surface area contributed by atoms with Crippen molar-refractivity contribution < 1.29 is 24.2 Å². The molecule has 0 aromatic heterocycles. The summed E-state index contributed by atoms with van der Waals surface area (Å²) in [5.74, 6) is -0.439. The molecule has 21 heavy (non-hydrogen) atoms. The van der Waals surface area contributed by atoms with Gasteiger partial charge in [-0.25, -0.2) is 4.79 Å². The number of nitrogens with one attached hydrogen (secondary N) is 1. The van der Waals surface area contributed by atoms with Gasteiger partial charge in [0.05, 0.1) is 7.11 Å². The van der Waals surface area contributed by atoms with Crippen LogP contribution in [0.5, 0.6) is 11.5 Å². The lowest BCUT2D eigenvalue weighted by molar-refractivity contribution is -0.152. The normalized spacial score (nSPS) is 15.7. The fourth-order valence-corrected chi connectivity index (χ4v) is 2.26. The van der Waals surface area contributed by atoms with Crippen LogP contribution >= 0.6 is 0 Å². The molecule has 0 saturated heterocycles. The van der Waals surface area contributed by atoms with Gasteiger partial charge in [-0.2, -0.15) is 0 Å². The van der Waals surface area contributed by atoms with E-state index in [0.29, 0.717) is 24.3 Å². The molecular formula is C15H19NO5. The summed E-state index contributed by atoms with van der Waals surface area (Å²) in [5, 5.41) is 11.7. The molecule has 1 fully saturated rings. The second-order valence-corrected chi connectivity index (χ2v) is 5.23. The van der Waals surface area contributed by atoms with Crippen LogP contribution in [-0.4, -0.2) is 36.2 Å². The van der Waals surface area contributed by atoms with Crippen LogP contribution in [0.2, 0.25) is 0 Å². The average molecular weight is 293 g/mol. The molecule has 0 heterocycles. The topological polar surface area (TPSA) is 84.9 Å². The number of carbonyl (C=O) groups is 2. The Kier molecular flexibility index (Phi) is 4.35. The van der Waals surface area contributed by atoms with Crippen molar-refractivity contribution in [1.82, 2.24) is 5.32 Å². The summed E-state index contributed by atoms with van der Waals surface area (Å²) in [4.78, 5) is 23.0. The first-order chi connectivity index (χ1) is 9.97. The number of benzene rings is 1. The zero-order chi connectivity index (χ0) is 15.5. The minimum Gasteiger partial charge on any atom is -0.493 e. The van der Waals surface area contributed by atoms with Crippen molar-refractivity contribution in [2.45, 2.75) is 31.7 Å². The molecule has 0 atom stereocenters. The number of aryl methyl sites for hydroxylation is 1. The first-order valence-corrected chi connectivity index (χ1v) is 6.79. The average Bonchev–Trinajstić information content (AvgIpc) is 2.40. The monoisotopic (exact) mass is 293 g/mol. The number of carboxylic acids is 1. The van der Waals surface area contributed by atoms with Gasteiger partial charge in [0.1, 0.15) is 5.54 Å². The molecule has 0 spiro atoms. The van der Waals surface area contributed by atoms with Crippen molar-refractivity contribution in [3.05, 3.63) is 23.8 Å². The van der Waals surface area contributed by atoms with Gasteiger partial charge < -0.3 is 19.9 Å². The molecule has 6 nitrogen and oxygen atoms in total. The van der Waals surface area contributed by atoms with E-state index in [2.05, 4.69) is 5.32 Å². The van der Waals surface area contributed by atoms with Crippen LogP contribution in [0.25, 0.3) is 0 Å². The van der Waals surface area contributed by atoms with Gasteiger partial charge in [0.2, 0.25) is 0 Å². The second-order valence-electron chi connectivity index (χ2n) is 5.23. The Hall–Kier alpha value is -2.24. The van der Waals surface area contributed by atoms with Gasteiger partial charge in [0.15, 0.2) is 18.1 Å². The summed E-state index contributed by atoms with van der Waals surface area (Å²) < 4.78 is 10.6. The van der Waals surface area contributed by atoms with E-state index >= 15 is 0 Å². The van der Waals surface area contributed by atoms with Crippen LogP contribution in [0.3, 0.4) is 0 Å². The van der Waals surface area contributed by atoms with Crippen LogP contribution in [-0.2, 0) is 9.59 Å². The van der Waals surface area contributed by atoms with Crippen molar-refractivity contribution in [2.75, 3.05) is 13.7 Å². The van der Waals surface area contributed by atoms with Gasteiger partial charge in [-0.05, 0) is 43.9 Å². The van der Waals surface area contributed by atoms with Crippen molar-refractivity contribution in [1.29, 1.82) is 0 Å². The van der Waals surface area contributed by atoms with Crippen LogP contribution < -0.4 is 14.8 Å². The molecule has 0 bridgehead atoms. The lowest BCUT2D eigenvalue weighted by Gasteiger charge is -2.38. The molecule has 114 valence electrons. The zero-order valence-corrected chi connectivity index (χ0v) is 12.1. The zero-order valence-electron chi connectivity index (χ0n) is 12.1. The second kappa shape index (κ2) is 6.03. The summed E-state index contributed by atoms with van der Waals surface area (Å²) >= 11 is 0. The molecule has 1 aromatic carbocycles. The Morgan fingerprint density at radius 1 is 1.33 bits per heavy atom. The quantitative estimate of drug-likeness (QED) is 0.830. The number of ether oxygens (including phenoxy) is 2. The Balaban J connectivity index is 1.94. The van der Waals surface area contributed by atoms with Gasteiger partial charge in [-0.15, -0.1) is 0 Å². The highest BCUT2D eigenvalue weighted by atomic mass is 16.5. The number of methoxy groups -OCH3 is 1. The molecule has 0 unspecified atom stereocenters. The van der Waals surface area contributed by atoms with Gasteiger partial charge in [0, 0.05) is 0 Å². The summed E-state index contributed by atoms with van der Waals surface area (Å²) in [6.45, 7) is 1.68. The smallest absolute Gasteiger partial charge is 0.329 e. The number of hydrogen-bond donors (Lipinski definition) is 2. The third kappa shape index (κ3) is 3.26. The molecule has 2 N–H and O–H groups in total. The fourth-order valence-electron chi connectivity index (χ4n) is 2.26. The van der Waals surface area contributed by atoms with E-state index in [4.69, 9.17) is 14.6 Å². The lowest BCUT2D eigenvalue weighted by atomic mass is 9.77. The SMILES string of the molecule is COc1cc(C)ccc1OCC(=O)NC1(C(=O)O)CCC1. The predicted octanol–water partition coefficient (Wildman–Crippen LogP) is 1.51. The van der Waals surface area contributed by atoms with Crippen LogP contribution in [0.1, 0.15) is 24.8 Å². The van der Waals surface area contributed by atoms with Crippen molar-refractivity contribution >= 4 is 11.9 Å². The molecule has 0 aliphatic heterocycles. The third-order valence-electron chi connectivity index (χ3n) is 3.67. The molecule has 1 aliphatic carbocycles. The largest absolute Gasteiger partial charge is 0.493 e. The molecule has 2 rings (SSSR count). The van der Waals surface area contributed by atoms with Crippen molar-refractivity contribution in [3.8, 4) is 11.5 Å². The van der Waals surface area contributed by atoms with Crippen LogP contribution in [0.15, 0.2) is 18.2 Å². The number of aliphatic carboxylic acids is 1. The lowest BCUT2D eigenvalue weighted by Crippen LogP contribution is -2.59. The van der Waals surface area contributed by atoms with Gasteiger partial charge in [0.25, 0.3) is 5.91 Å². The molecule has 1 amide bonds. The van der Waals surface area contributed by atoms with E-state index in [9.17, 15) is 9.59 Å². The van der Waals surface area contributed by atoms with E-state index in [1.807, 2.05) is 13.0 Å². The maximum atomic E-state index is 11.9. The van der Waals surface area contributed by atoms with E-state index in [0.717, 1.165) is 12.0 Å². The van der Waals surface area contributed by atoms with E-state index in [-0.39, 0.29) is 6.61 Å². The molecule has 1 aromatic rings. The van der Waals surface area contributed by atoms with E-state index in [1.165, 1.54) is 7.11 Å². The van der Waals surface area contributed by atoms with Gasteiger partial charge in [-0.1, -0.05) is 6.07 Å². The number of carbonyl (C=O) groups excluding carboxylic acids is 1. The molecule has 1 aliphatic rings. The van der Waals surface area contributed by atoms with Gasteiger partial charge >= 0.3 is 5.97 Å². The van der Waals surface area contributed by atoms with Crippen molar-refractivity contribution in [3.63, 3.8) is 0 Å². The third-order valence-corrected chi connectivity index (χ3v) is 3.67. The molecular weight excluding hydrogens is 274 g/mol. The summed E-state index contributed by atoms with van der Waals surface area (Å²) in [6, 6.07) is 5.37. The Labute approximate surface area is 123 Å². The number of hydrogen-bond acceptors (Lipinski definition) is 4. The molecule has 6 heteroatoms. The molecule has 1 saturated carbocycles. The van der Waals surface area contributed by atoms with E-state index in [1.54, 1.807) is 12.1 Å².